The van der Waals surface area contributed by atoms with Crippen LogP contribution in [0, 0.1) is 0 Å². The van der Waals surface area contributed by atoms with E-state index < -0.39 is 0 Å². The van der Waals surface area contributed by atoms with Crippen molar-refractivity contribution in [2.45, 2.75) is 19.6 Å². The van der Waals surface area contributed by atoms with Gasteiger partial charge in [0.1, 0.15) is 5.75 Å². The first-order chi connectivity index (χ1) is 9.22. The SMILES string of the molecule is CN(C)Cc1cc(CN(C)C)c(O)c(CN(C)C)c1N. The number of aromatic hydroxyl groups is 1. The van der Waals surface area contributed by atoms with Gasteiger partial charge in [-0.05, 0) is 53.9 Å². The number of nitrogens with two attached hydrogens (primary N) is 1. The zero-order valence-corrected chi connectivity index (χ0v) is 13.6. The van der Waals surface area contributed by atoms with Gasteiger partial charge in [0.15, 0.2) is 0 Å². The number of nitrogen functional groups attached to an aromatic ring is 1. The van der Waals surface area contributed by atoms with Gasteiger partial charge in [-0.3, -0.25) is 0 Å². The van der Waals surface area contributed by atoms with Crippen LogP contribution in [0.4, 0.5) is 5.69 Å². The van der Waals surface area contributed by atoms with Crippen molar-refractivity contribution in [3.8, 4) is 5.75 Å². The summed E-state index contributed by atoms with van der Waals surface area (Å²) >= 11 is 0. The van der Waals surface area contributed by atoms with E-state index in [1.807, 2.05) is 58.2 Å². The third-order valence-corrected chi connectivity index (χ3v) is 3.06. The molecule has 1 aromatic rings. The number of rotatable bonds is 6. The van der Waals surface area contributed by atoms with E-state index in [1.54, 1.807) is 0 Å². The van der Waals surface area contributed by atoms with Crippen LogP contribution in [0.5, 0.6) is 5.75 Å². The van der Waals surface area contributed by atoms with Crippen molar-refractivity contribution in [1.29, 1.82) is 0 Å². The molecule has 20 heavy (non-hydrogen) atoms. The zero-order chi connectivity index (χ0) is 15.4. The Morgan fingerprint density at radius 3 is 1.75 bits per heavy atom. The maximum absolute atomic E-state index is 10.5. The Balaban J connectivity index is 3.31. The third kappa shape index (κ3) is 4.37. The Labute approximate surface area is 122 Å². The largest absolute Gasteiger partial charge is 0.507 e. The number of hydrogen-bond donors (Lipinski definition) is 2. The number of nitrogens with zero attached hydrogens (tertiary/aromatic N) is 3. The lowest BCUT2D eigenvalue weighted by atomic mass is 9.99. The van der Waals surface area contributed by atoms with E-state index >= 15 is 0 Å². The highest BCUT2D eigenvalue weighted by molar-refractivity contribution is 5.62. The van der Waals surface area contributed by atoms with E-state index in [0.29, 0.717) is 24.5 Å². The highest BCUT2D eigenvalue weighted by Gasteiger charge is 2.17. The lowest BCUT2D eigenvalue weighted by Gasteiger charge is -2.22. The van der Waals surface area contributed by atoms with Crippen LogP contribution in [0.15, 0.2) is 6.07 Å². The van der Waals surface area contributed by atoms with E-state index in [9.17, 15) is 5.11 Å². The molecule has 0 saturated heterocycles. The molecule has 0 unspecified atom stereocenters. The quantitative estimate of drug-likeness (QED) is 0.766. The highest BCUT2D eigenvalue weighted by Crippen LogP contribution is 2.33. The molecule has 5 heteroatoms. The minimum atomic E-state index is 0.326. The van der Waals surface area contributed by atoms with Gasteiger partial charge < -0.3 is 25.5 Å². The summed E-state index contributed by atoms with van der Waals surface area (Å²) < 4.78 is 0. The highest BCUT2D eigenvalue weighted by atomic mass is 16.3. The predicted octanol–water partition coefficient (Wildman–Crippen LogP) is 1.16. The number of benzene rings is 1. The van der Waals surface area contributed by atoms with Gasteiger partial charge >= 0.3 is 0 Å². The smallest absolute Gasteiger partial charge is 0.126 e. The fraction of sp³-hybridized carbons (Fsp3) is 0.600. The van der Waals surface area contributed by atoms with Crippen LogP contribution in [0.3, 0.4) is 0 Å². The van der Waals surface area contributed by atoms with Crippen molar-refractivity contribution in [3.63, 3.8) is 0 Å². The molecule has 0 fully saturated rings. The molecule has 114 valence electrons. The summed E-state index contributed by atoms with van der Waals surface area (Å²) in [6, 6.07) is 2.02. The van der Waals surface area contributed by atoms with Gasteiger partial charge in [0.05, 0.1) is 0 Å². The molecule has 0 heterocycles. The molecule has 0 aromatic heterocycles. The van der Waals surface area contributed by atoms with Crippen LogP contribution in [0.25, 0.3) is 0 Å². The molecule has 0 aliphatic heterocycles. The van der Waals surface area contributed by atoms with Crippen molar-refractivity contribution in [2.24, 2.45) is 0 Å². The van der Waals surface area contributed by atoms with Crippen molar-refractivity contribution in [3.05, 3.63) is 22.8 Å². The van der Waals surface area contributed by atoms with E-state index in [2.05, 4.69) is 4.90 Å². The molecule has 1 rings (SSSR count). The molecule has 0 aliphatic rings. The normalized spacial score (nSPS) is 11.8. The molecular formula is C15H28N4O. The summed E-state index contributed by atoms with van der Waals surface area (Å²) in [5.74, 6) is 0.326. The number of phenolic OH excluding ortho intramolecular Hbond substituents is 1. The summed E-state index contributed by atoms with van der Waals surface area (Å²) in [6.07, 6.45) is 0. The molecule has 0 aliphatic carbocycles. The van der Waals surface area contributed by atoms with E-state index in [-0.39, 0.29) is 0 Å². The lowest BCUT2D eigenvalue weighted by molar-refractivity contribution is 0.366. The average Bonchev–Trinajstić information content (AvgIpc) is 2.29. The third-order valence-electron chi connectivity index (χ3n) is 3.06. The van der Waals surface area contributed by atoms with E-state index in [4.69, 9.17) is 5.73 Å². The predicted molar refractivity (Wildman–Crippen MR) is 84.7 cm³/mol. The second kappa shape index (κ2) is 6.92. The minimum absolute atomic E-state index is 0.326. The molecule has 0 amide bonds. The van der Waals surface area contributed by atoms with Crippen molar-refractivity contribution < 1.29 is 5.11 Å². The summed E-state index contributed by atoms with van der Waals surface area (Å²) in [5.41, 5.74) is 9.78. The lowest BCUT2D eigenvalue weighted by Crippen LogP contribution is -2.18. The van der Waals surface area contributed by atoms with Crippen LogP contribution < -0.4 is 5.73 Å². The number of phenols is 1. The van der Waals surface area contributed by atoms with Gasteiger partial charge in [0.2, 0.25) is 0 Å². The molecule has 3 N–H and O–H groups in total. The van der Waals surface area contributed by atoms with Crippen molar-refractivity contribution in [1.82, 2.24) is 14.7 Å². The van der Waals surface area contributed by atoms with Gasteiger partial charge in [-0.1, -0.05) is 0 Å². The van der Waals surface area contributed by atoms with Crippen LogP contribution in [-0.2, 0) is 19.6 Å². The molecule has 0 saturated carbocycles. The summed E-state index contributed by atoms with van der Waals surface area (Å²) in [4.78, 5) is 6.15. The Morgan fingerprint density at radius 2 is 1.30 bits per heavy atom. The van der Waals surface area contributed by atoms with Crippen LogP contribution in [0.2, 0.25) is 0 Å². The first-order valence-electron chi connectivity index (χ1n) is 6.78. The molecule has 0 atom stereocenters. The second-order valence-electron chi connectivity index (χ2n) is 6.15. The molecule has 0 radical (unpaired) electrons. The summed E-state index contributed by atoms with van der Waals surface area (Å²) in [5, 5.41) is 10.5. The molecule has 0 spiro atoms. The summed E-state index contributed by atoms with van der Waals surface area (Å²) in [7, 11) is 12.0. The number of hydrogen-bond acceptors (Lipinski definition) is 5. The van der Waals surface area contributed by atoms with Gasteiger partial charge in [0, 0.05) is 36.4 Å². The Morgan fingerprint density at radius 1 is 0.850 bits per heavy atom. The van der Waals surface area contributed by atoms with E-state index in [1.165, 1.54) is 0 Å². The standard InChI is InChI=1S/C15H28N4O/c1-17(2)8-11-7-12(9-18(3)4)15(20)13(14(11)16)10-19(5)6/h7,20H,8-10,16H2,1-6H3. The summed E-state index contributed by atoms with van der Waals surface area (Å²) in [6.45, 7) is 2.11. The maximum Gasteiger partial charge on any atom is 0.126 e. The first kappa shape index (κ1) is 16.8. The molecule has 5 nitrogen and oxygen atoms in total. The zero-order valence-electron chi connectivity index (χ0n) is 13.6. The molecular weight excluding hydrogens is 252 g/mol. The van der Waals surface area contributed by atoms with Gasteiger partial charge in [-0.25, -0.2) is 0 Å². The molecule has 0 bridgehead atoms. The van der Waals surface area contributed by atoms with Crippen molar-refractivity contribution in [2.75, 3.05) is 48.0 Å². The van der Waals surface area contributed by atoms with Crippen molar-refractivity contribution >= 4 is 5.69 Å². The average molecular weight is 280 g/mol. The van der Waals surface area contributed by atoms with Crippen LogP contribution >= 0.6 is 0 Å². The van der Waals surface area contributed by atoms with Crippen LogP contribution in [0.1, 0.15) is 16.7 Å². The second-order valence-corrected chi connectivity index (χ2v) is 6.15. The fourth-order valence-corrected chi connectivity index (χ4v) is 2.28. The van der Waals surface area contributed by atoms with Crippen LogP contribution in [-0.4, -0.2) is 62.1 Å². The Bertz CT molecular complexity index is 421. The molecule has 1 aromatic carbocycles. The Kier molecular flexibility index (Phi) is 5.80. The first-order valence-corrected chi connectivity index (χ1v) is 6.78. The monoisotopic (exact) mass is 280 g/mol. The topological polar surface area (TPSA) is 56.0 Å². The van der Waals surface area contributed by atoms with Gasteiger partial charge in [-0.2, -0.15) is 0 Å². The number of anilines is 1. The van der Waals surface area contributed by atoms with Gasteiger partial charge in [-0.15, -0.1) is 0 Å². The Hall–Kier alpha value is -1.30. The van der Waals surface area contributed by atoms with E-state index in [0.717, 1.165) is 23.2 Å². The maximum atomic E-state index is 10.5. The van der Waals surface area contributed by atoms with Gasteiger partial charge in [0.25, 0.3) is 0 Å². The fourth-order valence-electron chi connectivity index (χ4n) is 2.28. The minimum Gasteiger partial charge on any atom is -0.507 e.